The van der Waals surface area contributed by atoms with Crippen LogP contribution in [0, 0.1) is 0 Å². The summed E-state index contributed by atoms with van der Waals surface area (Å²) in [5.74, 6) is 1.38. The van der Waals surface area contributed by atoms with E-state index in [9.17, 15) is 4.79 Å². The highest BCUT2D eigenvalue weighted by Gasteiger charge is 2.23. The van der Waals surface area contributed by atoms with Crippen LogP contribution in [0.25, 0.3) is 16.3 Å². The molecule has 1 aliphatic rings. The van der Waals surface area contributed by atoms with E-state index in [1.54, 1.807) is 28.0 Å². The van der Waals surface area contributed by atoms with Crippen LogP contribution >= 0.6 is 11.3 Å². The van der Waals surface area contributed by atoms with Gasteiger partial charge in [0.25, 0.3) is 5.91 Å². The zero-order valence-corrected chi connectivity index (χ0v) is 17.8. The van der Waals surface area contributed by atoms with Crippen molar-refractivity contribution < 1.29 is 14.3 Å². The second-order valence-electron chi connectivity index (χ2n) is 7.29. The Labute approximate surface area is 184 Å². The number of para-hydroxylation sites is 1. The lowest BCUT2D eigenvalue weighted by atomic mass is 10.1. The third-order valence-corrected chi connectivity index (χ3v) is 5.97. The minimum absolute atomic E-state index is 0.0829. The van der Waals surface area contributed by atoms with Crippen LogP contribution in [0.2, 0.25) is 0 Å². The van der Waals surface area contributed by atoms with Gasteiger partial charge in [0, 0.05) is 19.8 Å². The number of aromatic nitrogens is 2. The molecule has 0 N–H and O–H groups in total. The Morgan fingerprint density at radius 1 is 1.06 bits per heavy atom. The average Bonchev–Trinajstić information content (AvgIpc) is 3.49. The molecule has 0 unspecified atom stereocenters. The van der Waals surface area contributed by atoms with Gasteiger partial charge in [-0.15, -0.1) is 11.3 Å². The van der Waals surface area contributed by atoms with Gasteiger partial charge in [0.15, 0.2) is 11.5 Å². The Hall–Kier alpha value is -3.58. The lowest BCUT2D eigenvalue weighted by Crippen LogP contribution is -2.26. The van der Waals surface area contributed by atoms with E-state index in [0.717, 1.165) is 27.6 Å². The van der Waals surface area contributed by atoms with Crippen LogP contribution in [-0.4, -0.2) is 40.8 Å². The minimum Gasteiger partial charge on any atom is -0.486 e. The number of fused-ring (bicyclic) bond motifs is 1. The summed E-state index contributed by atoms with van der Waals surface area (Å²) in [5, 5.41) is 6.72. The monoisotopic (exact) mass is 431 g/mol. The second-order valence-corrected chi connectivity index (χ2v) is 8.24. The van der Waals surface area contributed by atoms with E-state index >= 15 is 0 Å². The molecule has 0 aliphatic carbocycles. The smallest absolute Gasteiger partial charge is 0.257 e. The molecule has 156 valence electrons. The van der Waals surface area contributed by atoms with Crippen LogP contribution in [0.3, 0.4) is 0 Å². The Balaban J connectivity index is 1.44. The first-order chi connectivity index (χ1) is 15.2. The zero-order chi connectivity index (χ0) is 21.2. The number of hydrogen-bond donors (Lipinski definition) is 0. The number of benzene rings is 2. The van der Waals surface area contributed by atoms with Gasteiger partial charge in [-0.1, -0.05) is 30.3 Å². The second kappa shape index (κ2) is 8.28. The quantitative estimate of drug-likeness (QED) is 0.462. The van der Waals surface area contributed by atoms with Gasteiger partial charge in [0.2, 0.25) is 0 Å². The molecule has 0 bridgehead atoms. The van der Waals surface area contributed by atoms with Crippen LogP contribution in [0.15, 0.2) is 72.2 Å². The highest BCUT2D eigenvalue weighted by molar-refractivity contribution is 7.13. The maximum Gasteiger partial charge on any atom is 0.257 e. The Morgan fingerprint density at radius 3 is 2.65 bits per heavy atom. The van der Waals surface area contributed by atoms with Crippen molar-refractivity contribution in [1.82, 2.24) is 14.7 Å². The Kier molecular flexibility index (Phi) is 5.18. The van der Waals surface area contributed by atoms with Crippen molar-refractivity contribution in [1.29, 1.82) is 0 Å². The molecule has 31 heavy (non-hydrogen) atoms. The predicted molar refractivity (Wildman–Crippen MR) is 120 cm³/mol. The third kappa shape index (κ3) is 3.92. The standard InChI is InChI=1S/C24H21N3O3S/c1-26(15-17-9-10-20-21(14-17)30-12-11-29-20)24(28)19-16-27(18-6-3-2-4-7-18)25-23(19)22-8-5-13-31-22/h2-10,13-14,16H,11-12,15H2,1H3. The summed E-state index contributed by atoms with van der Waals surface area (Å²) in [6.45, 7) is 1.55. The molecular formula is C24H21N3O3S. The summed E-state index contributed by atoms with van der Waals surface area (Å²) >= 11 is 1.57. The number of thiophene rings is 1. The summed E-state index contributed by atoms with van der Waals surface area (Å²) < 4.78 is 13.0. The molecule has 1 aliphatic heterocycles. The highest BCUT2D eigenvalue weighted by atomic mass is 32.1. The molecular weight excluding hydrogens is 410 g/mol. The van der Waals surface area contributed by atoms with Crippen LogP contribution in [0.5, 0.6) is 11.5 Å². The van der Waals surface area contributed by atoms with E-state index < -0.39 is 0 Å². The first-order valence-corrected chi connectivity index (χ1v) is 10.9. The van der Waals surface area contributed by atoms with Crippen molar-refractivity contribution in [2.45, 2.75) is 6.54 Å². The van der Waals surface area contributed by atoms with E-state index in [2.05, 4.69) is 0 Å². The maximum absolute atomic E-state index is 13.4. The van der Waals surface area contributed by atoms with Crippen LogP contribution in [-0.2, 0) is 6.54 Å². The molecule has 4 aromatic rings. The van der Waals surface area contributed by atoms with Gasteiger partial charge in [-0.2, -0.15) is 5.10 Å². The van der Waals surface area contributed by atoms with Gasteiger partial charge in [0.05, 0.1) is 16.1 Å². The van der Waals surface area contributed by atoms with Crippen molar-refractivity contribution in [3.05, 3.63) is 83.4 Å². The molecule has 1 amide bonds. The summed E-state index contributed by atoms with van der Waals surface area (Å²) in [5.41, 5.74) is 3.16. The molecule has 0 saturated carbocycles. The fourth-order valence-electron chi connectivity index (χ4n) is 3.58. The molecule has 0 atom stereocenters. The van der Waals surface area contributed by atoms with Gasteiger partial charge >= 0.3 is 0 Å². The maximum atomic E-state index is 13.4. The van der Waals surface area contributed by atoms with Gasteiger partial charge < -0.3 is 14.4 Å². The fourth-order valence-corrected chi connectivity index (χ4v) is 4.30. The van der Waals surface area contributed by atoms with Crippen molar-refractivity contribution in [3.8, 4) is 27.8 Å². The molecule has 5 rings (SSSR count). The number of carbonyl (C=O) groups is 1. The minimum atomic E-state index is -0.0829. The molecule has 7 heteroatoms. The fraction of sp³-hybridized carbons (Fsp3) is 0.167. The number of amides is 1. The van der Waals surface area contributed by atoms with Crippen LogP contribution < -0.4 is 9.47 Å². The highest BCUT2D eigenvalue weighted by Crippen LogP contribution is 2.32. The first kappa shape index (κ1) is 19.4. The first-order valence-electron chi connectivity index (χ1n) is 10.0. The molecule has 0 spiro atoms. The van der Waals surface area contributed by atoms with E-state index in [1.807, 2.05) is 72.2 Å². The topological polar surface area (TPSA) is 56.6 Å². The lowest BCUT2D eigenvalue weighted by molar-refractivity contribution is 0.0785. The number of ether oxygens (including phenoxy) is 2. The number of rotatable bonds is 5. The summed E-state index contributed by atoms with van der Waals surface area (Å²) in [6.07, 6.45) is 1.81. The van der Waals surface area contributed by atoms with E-state index in [-0.39, 0.29) is 5.91 Å². The normalized spacial score (nSPS) is 12.5. The molecule has 6 nitrogen and oxygen atoms in total. The number of carbonyl (C=O) groups excluding carboxylic acids is 1. The lowest BCUT2D eigenvalue weighted by Gasteiger charge is -2.21. The van der Waals surface area contributed by atoms with Crippen molar-refractivity contribution in [2.24, 2.45) is 0 Å². The summed E-state index contributed by atoms with van der Waals surface area (Å²) in [4.78, 5) is 16.1. The number of hydrogen-bond acceptors (Lipinski definition) is 5. The summed E-state index contributed by atoms with van der Waals surface area (Å²) in [7, 11) is 1.80. The van der Waals surface area contributed by atoms with E-state index in [4.69, 9.17) is 14.6 Å². The Morgan fingerprint density at radius 2 is 1.87 bits per heavy atom. The van der Waals surface area contributed by atoms with Gasteiger partial charge in [-0.25, -0.2) is 4.68 Å². The van der Waals surface area contributed by atoms with Gasteiger partial charge in [-0.3, -0.25) is 4.79 Å². The van der Waals surface area contributed by atoms with Crippen molar-refractivity contribution in [3.63, 3.8) is 0 Å². The summed E-state index contributed by atoms with van der Waals surface area (Å²) in [6, 6.07) is 19.6. The third-order valence-electron chi connectivity index (χ3n) is 5.09. The predicted octanol–water partition coefficient (Wildman–Crippen LogP) is 4.64. The number of nitrogens with zero attached hydrogens (tertiary/aromatic N) is 3. The zero-order valence-electron chi connectivity index (χ0n) is 17.0. The van der Waals surface area contributed by atoms with E-state index in [1.165, 1.54) is 0 Å². The van der Waals surface area contributed by atoms with Crippen LogP contribution in [0.1, 0.15) is 15.9 Å². The molecule has 0 saturated heterocycles. The average molecular weight is 432 g/mol. The van der Waals surface area contributed by atoms with E-state index in [0.29, 0.717) is 31.0 Å². The SMILES string of the molecule is CN(Cc1ccc2c(c1)OCCO2)C(=O)c1cn(-c2ccccc2)nc1-c1cccs1. The van der Waals surface area contributed by atoms with Crippen molar-refractivity contribution >= 4 is 17.2 Å². The molecule has 3 heterocycles. The van der Waals surface area contributed by atoms with Gasteiger partial charge in [-0.05, 0) is 41.3 Å². The van der Waals surface area contributed by atoms with Crippen LogP contribution in [0.4, 0.5) is 0 Å². The molecule has 0 radical (unpaired) electrons. The van der Waals surface area contributed by atoms with Gasteiger partial charge in [0.1, 0.15) is 18.9 Å². The molecule has 2 aromatic heterocycles. The largest absolute Gasteiger partial charge is 0.486 e. The van der Waals surface area contributed by atoms with Crippen molar-refractivity contribution in [2.75, 3.05) is 20.3 Å². The molecule has 2 aromatic carbocycles. The Bertz CT molecular complexity index is 1200. The molecule has 0 fully saturated rings.